The Bertz CT molecular complexity index is 269. The number of nitrogens with two attached hydrogens (primary N) is 1. The highest BCUT2D eigenvalue weighted by molar-refractivity contribution is 5.13. The predicted octanol–water partition coefficient (Wildman–Crippen LogP) is 1.81. The highest BCUT2D eigenvalue weighted by Gasteiger charge is 2.14. The van der Waals surface area contributed by atoms with Crippen LogP contribution in [0.3, 0.4) is 0 Å². The average Bonchev–Trinajstić information content (AvgIpc) is 2.18. The maximum absolute atomic E-state index is 5.78. The smallest absolute Gasteiger partial charge is 0.0357 e. The quantitative estimate of drug-likeness (QED) is 0.800. The lowest BCUT2D eigenvalue weighted by molar-refractivity contribution is 0.274. The Morgan fingerprint density at radius 2 is 2.13 bits per heavy atom. The summed E-state index contributed by atoms with van der Waals surface area (Å²) in [5.74, 6) is 0. The van der Waals surface area contributed by atoms with E-state index in [-0.39, 0.29) is 6.04 Å². The fourth-order valence-corrected chi connectivity index (χ4v) is 1.72. The van der Waals surface area contributed by atoms with Gasteiger partial charge in [-0.05, 0) is 45.5 Å². The summed E-state index contributed by atoms with van der Waals surface area (Å²) in [4.78, 5) is 6.38. The van der Waals surface area contributed by atoms with Crippen LogP contribution in [-0.2, 0) is 0 Å². The summed E-state index contributed by atoms with van der Waals surface area (Å²) in [6.45, 7) is 2.05. The SMILES string of the molecule is CC(N)CCC(c1cccnc1)N(C)C. The fourth-order valence-electron chi connectivity index (χ4n) is 1.72. The zero-order chi connectivity index (χ0) is 11.3. The van der Waals surface area contributed by atoms with Gasteiger partial charge in [0.25, 0.3) is 0 Å². The molecule has 84 valence electrons. The molecule has 1 aromatic rings. The maximum atomic E-state index is 5.78. The molecule has 0 amide bonds. The lowest BCUT2D eigenvalue weighted by atomic mass is 10.0. The molecule has 0 saturated heterocycles. The number of hydrogen-bond donors (Lipinski definition) is 1. The molecule has 1 rings (SSSR count). The second-order valence-corrected chi connectivity index (χ2v) is 4.32. The molecule has 0 saturated carbocycles. The average molecular weight is 207 g/mol. The van der Waals surface area contributed by atoms with Crippen molar-refractivity contribution in [1.29, 1.82) is 0 Å². The van der Waals surface area contributed by atoms with E-state index in [0.29, 0.717) is 6.04 Å². The zero-order valence-corrected chi connectivity index (χ0v) is 9.85. The van der Waals surface area contributed by atoms with Crippen LogP contribution in [0.4, 0.5) is 0 Å². The number of rotatable bonds is 5. The van der Waals surface area contributed by atoms with Crippen LogP contribution in [0.1, 0.15) is 31.4 Å². The van der Waals surface area contributed by atoms with E-state index in [1.807, 2.05) is 18.5 Å². The standard InChI is InChI=1S/C12H21N3/c1-10(13)6-7-12(15(2)3)11-5-4-8-14-9-11/h4-5,8-10,12H,6-7,13H2,1-3H3. The van der Waals surface area contributed by atoms with Gasteiger partial charge in [-0.15, -0.1) is 0 Å². The van der Waals surface area contributed by atoms with Crippen molar-refractivity contribution in [1.82, 2.24) is 9.88 Å². The van der Waals surface area contributed by atoms with E-state index in [1.54, 1.807) is 0 Å². The van der Waals surface area contributed by atoms with Gasteiger partial charge in [-0.2, -0.15) is 0 Å². The highest BCUT2D eigenvalue weighted by Crippen LogP contribution is 2.22. The van der Waals surface area contributed by atoms with E-state index in [2.05, 4.69) is 37.0 Å². The molecule has 2 unspecified atom stereocenters. The van der Waals surface area contributed by atoms with E-state index in [9.17, 15) is 0 Å². The van der Waals surface area contributed by atoms with Gasteiger partial charge in [0.2, 0.25) is 0 Å². The molecule has 0 radical (unpaired) electrons. The molecule has 3 nitrogen and oxygen atoms in total. The van der Waals surface area contributed by atoms with Gasteiger partial charge in [0.15, 0.2) is 0 Å². The molecular formula is C12H21N3. The van der Waals surface area contributed by atoms with Crippen molar-refractivity contribution in [3.05, 3.63) is 30.1 Å². The first-order chi connectivity index (χ1) is 7.11. The molecule has 0 aliphatic carbocycles. The van der Waals surface area contributed by atoms with E-state index in [1.165, 1.54) is 5.56 Å². The lowest BCUT2D eigenvalue weighted by Gasteiger charge is -2.25. The lowest BCUT2D eigenvalue weighted by Crippen LogP contribution is -2.23. The van der Waals surface area contributed by atoms with Crippen LogP contribution >= 0.6 is 0 Å². The molecule has 2 atom stereocenters. The van der Waals surface area contributed by atoms with E-state index < -0.39 is 0 Å². The van der Waals surface area contributed by atoms with Crippen LogP contribution < -0.4 is 5.73 Å². The Morgan fingerprint density at radius 3 is 2.60 bits per heavy atom. The van der Waals surface area contributed by atoms with Crippen LogP contribution in [-0.4, -0.2) is 30.0 Å². The van der Waals surface area contributed by atoms with Crippen molar-refractivity contribution in [2.75, 3.05) is 14.1 Å². The topological polar surface area (TPSA) is 42.1 Å². The summed E-state index contributed by atoms with van der Waals surface area (Å²) in [6, 6.07) is 4.80. The monoisotopic (exact) mass is 207 g/mol. The van der Waals surface area contributed by atoms with E-state index in [0.717, 1.165) is 12.8 Å². The first-order valence-corrected chi connectivity index (χ1v) is 5.43. The van der Waals surface area contributed by atoms with Crippen molar-refractivity contribution in [3.8, 4) is 0 Å². The minimum absolute atomic E-state index is 0.268. The Hall–Kier alpha value is -0.930. The summed E-state index contributed by atoms with van der Waals surface area (Å²) in [5, 5.41) is 0. The van der Waals surface area contributed by atoms with Gasteiger partial charge >= 0.3 is 0 Å². The van der Waals surface area contributed by atoms with Gasteiger partial charge in [-0.3, -0.25) is 4.98 Å². The molecule has 3 heteroatoms. The van der Waals surface area contributed by atoms with Gasteiger partial charge in [-0.1, -0.05) is 6.07 Å². The molecule has 0 fully saturated rings. The number of pyridine rings is 1. The van der Waals surface area contributed by atoms with Crippen molar-refractivity contribution >= 4 is 0 Å². The summed E-state index contributed by atoms with van der Waals surface area (Å²) >= 11 is 0. The third-order valence-electron chi connectivity index (χ3n) is 2.59. The Morgan fingerprint density at radius 1 is 1.40 bits per heavy atom. The summed E-state index contributed by atoms with van der Waals surface area (Å²) in [7, 11) is 4.19. The van der Waals surface area contributed by atoms with Crippen LogP contribution in [0.15, 0.2) is 24.5 Å². The van der Waals surface area contributed by atoms with E-state index in [4.69, 9.17) is 5.73 Å². The van der Waals surface area contributed by atoms with Gasteiger partial charge in [0.1, 0.15) is 0 Å². The van der Waals surface area contributed by atoms with Crippen molar-refractivity contribution in [2.45, 2.75) is 31.8 Å². The first kappa shape index (κ1) is 12.1. The molecule has 1 aromatic heterocycles. The highest BCUT2D eigenvalue weighted by atomic mass is 15.1. The molecule has 0 aromatic carbocycles. The molecule has 1 heterocycles. The van der Waals surface area contributed by atoms with Gasteiger partial charge in [0.05, 0.1) is 0 Å². The Balaban J connectivity index is 2.66. The third-order valence-corrected chi connectivity index (χ3v) is 2.59. The second-order valence-electron chi connectivity index (χ2n) is 4.32. The molecule has 0 aliphatic rings. The van der Waals surface area contributed by atoms with Crippen LogP contribution in [0.2, 0.25) is 0 Å². The van der Waals surface area contributed by atoms with Gasteiger partial charge < -0.3 is 10.6 Å². The molecule has 0 aliphatic heterocycles. The minimum atomic E-state index is 0.268. The third kappa shape index (κ3) is 3.98. The molecule has 0 spiro atoms. The molecule has 2 N–H and O–H groups in total. The van der Waals surface area contributed by atoms with Crippen molar-refractivity contribution in [3.63, 3.8) is 0 Å². The maximum Gasteiger partial charge on any atom is 0.0357 e. The molecular weight excluding hydrogens is 186 g/mol. The van der Waals surface area contributed by atoms with Crippen LogP contribution in [0.25, 0.3) is 0 Å². The van der Waals surface area contributed by atoms with Crippen molar-refractivity contribution < 1.29 is 0 Å². The number of nitrogens with zero attached hydrogens (tertiary/aromatic N) is 2. The number of aromatic nitrogens is 1. The summed E-state index contributed by atoms with van der Waals surface area (Å²) in [5.41, 5.74) is 7.05. The minimum Gasteiger partial charge on any atom is -0.328 e. The zero-order valence-electron chi connectivity index (χ0n) is 9.85. The molecule has 15 heavy (non-hydrogen) atoms. The number of hydrogen-bond acceptors (Lipinski definition) is 3. The second kappa shape index (κ2) is 5.83. The molecule has 0 bridgehead atoms. The summed E-state index contributed by atoms with van der Waals surface area (Å²) < 4.78 is 0. The Kier molecular flexibility index (Phi) is 4.72. The van der Waals surface area contributed by atoms with Crippen molar-refractivity contribution in [2.24, 2.45) is 5.73 Å². The summed E-state index contributed by atoms with van der Waals surface area (Å²) in [6.07, 6.45) is 5.86. The Labute approximate surface area is 92.3 Å². The predicted molar refractivity (Wildman–Crippen MR) is 63.5 cm³/mol. The normalized spacial score (nSPS) is 15.3. The fraction of sp³-hybridized carbons (Fsp3) is 0.583. The van der Waals surface area contributed by atoms with Gasteiger partial charge in [0, 0.05) is 24.5 Å². The van der Waals surface area contributed by atoms with E-state index >= 15 is 0 Å². The van der Waals surface area contributed by atoms with Gasteiger partial charge in [-0.25, -0.2) is 0 Å². The largest absolute Gasteiger partial charge is 0.328 e. The first-order valence-electron chi connectivity index (χ1n) is 5.43. The van der Waals surface area contributed by atoms with Crippen LogP contribution in [0.5, 0.6) is 0 Å². The van der Waals surface area contributed by atoms with Crippen LogP contribution in [0, 0.1) is 0 Å².